The van der Waals surface area contributed by atoms with Gasteiger partial charge in [-0.15, -0.1) is 0 Å². The summed E-state index contributed by atoms with van der Waals surface area (Å²) in [5.41, 5.74) is 3.30. The lowest BCUT2D eigenvalue weighted by Crippen LogP contribution is -2.27. The summed E-state index contributed by atoms with van der Waals surface area (Å²) in [6.45, 7) is 2.09. The maximum absolute atomic E-state index is 12.8. The van der Waals surface area contributed by atoms with Crippen LogP contribution in [0.4, 0.5) is 10.1 Å². The minimum absolute atomic E-state index is 0.245. The van der Waals surface area contributed by atoms with Crippen LogP contribution in [-0.4, -0.2) is 12.9 Å². The number of benzene rings is 1. The van der Waals surface area contributed by atoms with Gasteiger partial charge in [0.15, 0.2) is 0 Å². The van der Waals surface area contributed by atoms with Gasteiger partial charge in [0.25, 0.3) is 0 Å². The van der Waals surface area contributed by atoms with E-state index in [-0.39, 0.29) is 5.82 Å². The van der Waals surface area contributed by atoms with Gasteiger partial charge >= 0.3 is 0 Å². The Balaban J connectivity index is 2.20. The van der Waals surface area contributed by atoms with Crippen LogP contribution in [0.15, 0.2) is 35.4 Å². The van der Waals surface area contributed by atoms with Gasteiger partial charge in [-0.1, -0.05) is 5.57 Å². The van der Waals surface area contributed by atoms with E-state index in [1.165, 1.54) is 17.7 Å². The van der Waals surface area contributed by atoms with E-state index < -0.39 is 0 Å². The standard InChI is InChI=1S/C14H17FN2/c1-10-4-3-5-13(10)14(16)17(2)12-8-6-11(15)7-9-12/h6-9,16H,3-5H2,1-2H3. The molecule has 17 heavy (non-hydrogen) atoms. The molecule has 1 N–H and O–H groups in total. The fraction of sp³-hybridized carbons (Fsp3) is 0.357. The van der Waals surface area contributed by atoms with Crippen LogP contribution < -0.4 is 4.90 Å². The Morgan fingerprint density at radius 1 is 1.24 bits per heavy atom. The minimum atomic E-state index is -0.245. The zero-order chi connectivity index (χ0) is 12.4. The van der Waals surface area contributed by atoms with Crippen molar-refractivity contribution in [2.75, 3.05) is 11.9 Å². The van der Waals surface area contributed by atoms with Crippen molar-refractivity contribution in [2.24, 2.45) is 0 Å². The first kappa shape index (κ1) is 11.8. The van der Waals surface area contributed by atoms with E-state index in [0.29, 0.717) is 5.84 Å². The Morgan fingerprint density at radius 3 is 2.41 bits per heavy atom. The Bertz CT molecular complexity index is 460. The largest absolute Gasteiger partial charge is 0.330 e. The second-order valence-electron chi connectivity index (χ2n) is 4.50. The highest BCUT2D eigenvalue weighted by molar-refractivity contribution is 6.07. The minimum Gasteiger partial charge on any atom is -0.330 e. The lowest BCUT2D eigenvalue weighted by molar-refractivity contribution is 0.628. The van der Waals surface area contributed by atoms with Gasteiger partial charge in [0.05, 0.1) is 0 Å². The molecule has 2 rings (SSSR count). The first-order valence-electron chi connectivity index (χ1n) is 5.86. The van der Waals surface area contributed by atoms with Gasteiger partial charge < -0.3 is 4.90 Å². The van der Waals surface area contributed by atoms with Crippen LogP contribution in [0.25, 0.3) is 0 Å². The van der Waals surface area contributed by atoms with Gasteiger partial charge in [0, 0.05) is 12.7 Å². The fourth-order valence-corrected chi connectivity index (χ4v) is 2.21. The number of likely N-dealkylation sites (N-methyl/N-ethyl adjacent to an activating group) is 1. The van der Waals surface area contributed by atoms with Crippen LogP contribution in [0, 0.1) is 11.2 Å². The smallest absolute Gasteiger partial charge is 0.128 e. The Morgan fingerprint density at radius 2 is 1.88 bits per heavy atom. The van der Waals surface area contributed by atoms with Gasteiger partial charge in [-0.2, -0.15) is 0 Å². The zero-order valence-electron chi connectivity index (χ0n) is 10.3. The van der Waals surface area contributed by atoms with Crippen LogP contribution in [0.5, 0.6) is 0 Å². The van der Waals surface area contributed by atoms with E-state index >= 15 is 0 Å². The Labute approximate surface area is 101 Å². The topological polar surface area (TPSA) is 27.1 Å². The summed E-state index contributed by atoms with van der Waals surface area (Å²) in [7, 11) is 1.86. The molecule has 0 atom stereocenters. The molecule has 0 radical (unpaired) electrons. The third-order valence-corrected chi connectivity index (χ3v) is 3.33. The number of allylic oxidation sites excluding steroid dienone is 1. The molecule has 1 aromatic carbocycles. The normalized spacial score (nSPS) is 15.2. The zero-order valence-corrected chi connectivity index (χ0v) is 10.3. The van der Waals surface area contributed by atoms with Crippen LogP contribution in [0.3, 0.4) is 0 Å². The fourth-order valence-electron chi connectivity index (χ4n) is 2.21. The average Bonchev–Trinajstić information content (AvgIpc) is 2.74. The van der Waals surface area contributed by atoms with Gasteiger partial charge in [-0.3, -0.25) is 5.41 Å². The maximum atomic E-state index is 12.8. The number of amidine groups is 1. The molecule has 0 aromatic heterocycles. The molecular weight excluding hydrogens is 215 g/mol. The van der Waals surface area contributed by atoms with Crippen molar-refractivity contribution in [1.82, 2.24) is 0 Å². The van der Waals surface area contributed by atoms with Gasteiger partial charge in [-0.25, -0.2) is 4.39 Å². The highest BCUT2D eigenvalue weighted by Crippen LogP contribution is 2.28. The highest BCUT2D eigenvalue weighted by Gasteiger charge is 2.18. The highest BCUT2D eigenvalue weighted by atomic mass is 19.1. The van der Waals surface area contributed by atoms with E-state index in [9.17, 15) is 4.39 Å². The van der Waals surface area contributed by atoms with Crippen molar-refractivity contribution in [1.29, 1.82) is 5.41 Å². The third kappa shape index (κ3) is 2.38. The molecule has 0 bridgehead atoms. The van der Waals surface area contributed by atoms with Crippen molar-refractivity contribution in [3.63, 3.8) is 0 Å². The number of nitrogens with zero attached hydrogens (tertiary/aromatic N) is 1. The molecule has 0 saturated carbocycles. The number of rotatable bonds is 2. The van der Waals surface area contributed by atoms with Crippen molar-refractivity contribution < 1.29 is 4.39 Å². The predicted octanol–water partition coefficient (Wildman–Crippen LogP) is 3.74. The van der Waals surface area contributed by atoms with Crippen LogP contribution >= 0.6 is 0 Å². The Kier molecular flexibility index (Phi) is 3.27. The summed E-state index contributed by atoms with van der Waals surface area (Å²) in [5, 5.41) is 8.19. The van der Waals surface area contributed by atoms with Crippen molar-refractivity contribution in [3.8, 4) is 0 Å². The van der Waals surface area contributed by atoms with E-state index in [0.717, 1.165) is 30.5 Å². The monoisotopic (exact) mass is 232 g/mol. The van der Waals surface area contributed by atoms with Crippen molar-refractivity contribution in [3.05, 3.63) is 41.2 Å². The summed E-state index contributed by atoms with van der Waals surface area (Å²) >= 11 is 0. The average molecular weight is 232 g/mol. The molecule has 1 aliphatic carbocycles. The van der Waals surface area contributed by atoms with Gasteiger partial charge in [-0.05, 0) is 56.0 Å². The van der Waals surface area contributed by atoms with E-state index in [4.69, 9.17) is 5.41 Å². The van der Waals surface area contributed by atoms with Gasteiger partial charge in [0.1, 0.15) is 11.7 Å². The molecule has 90 valence electrons. The summed E-state index contributed by atoms with van der Waals surface area (Å²) in [5.74, 6) is 0.288. The first-order chi connectivity index (χ1) is 8.09. The number of nitrogens with one attached hydrogen (secondary N) is 1. The second-order valence-corrected chi connectivity index (χ2v) is 4.50. The quantitative estimate of drug-likeness (QED) is 0.610. The maximum Gasteiger partial charge on any atom is 0.128 e. The third-order valence-electron chi connectivity index (χ3n) is 3.33. The molecule has 0 fully saturated rings. The SMILES string of the molecule is CC1=C(C(=N)N(C)c2ccc(F)cc2)CCC1. The van der Waals surface area contributed by atoms with E-state index in [2.05, 4.69) is 6.92 Å². The number of halogens is 1. The molecule has 0 unspecified atom stereocenters. The van der Waals surface area contributed by atoms with Crippen LogP contribution in [0.1, 0.15) is 26.2 Å². The number of hydrogen-bond acceptors (Lipinski definition) is 1. The van der Waals surface area contributed by atoms with Crippen LogP contribution in [-0.2, 0) is 0 Å². The lowest BCUT2D eigenvalue weighted by atomic mass is 10.1. The van der Waals surface area contributed by atoms with Crippen molar-refractivity contribution in [2.45, 2.75) is 26.2 Å². The van der Waals surface area contributed by atoms with Crippen LogP contribution in [0.2, 0.25) is 0 Å². The molecule has 2 nitrogen and oxygen atoms in total. The molecule has 0 heterocycles. The Hall–Kier alpha value is -1.64. The van der Waals surface area contributed by atoms with E-state index in [1.54, 1.807) is 12.1 Å². The second kappa shape index (κ2) is 4.70. The summed E-state index contributed by atoms with van der Waals surface area (Å²) in [6.07, 6.45) is 3.21. The summed E-state index contributed by atoms with van der Waals surface area (Å²) in [6, 6.07) is 6.26. The van der Waals surface area contributed by atoms with E-state index in [1.807, 2.05) is 11.9 Å². The number of hydrogen-bond donors (Lipinski definition) is 1. The molecule has 0 aliphatic heterocycles. The first-order valence-corrected chi connectivity index (χ1v) is 5.86. The molecule has 0 saturated heterocycles. The number of anilines is 1. The molecule has 0 spiro atoms. The predicted molar refractivity (Wildman–Crippen MR) is 69.1 cm³/mol. The lowest BCUT2D eigenvalue weighted by Gasteiger charge is -2.21. The van der Waals surface area contributed by atoms with Gasteiger partial charge in [0.2, 0.25) is 0 Å². The summed E-state index contributed by atoms with van der Waals surface area (Å²) in [4.78, 5) is 1.81. The molecular formula is C14H17FN2. The summed E-state index contributed by atoms with van der Waals surface area (Å²) < 4.78 is 12.8. The van der Waals surface area contributed by atoms with Crippen molar-refractivity contribution >= 4 is 11.5 Å². The molecule has 1 aromatic rings. The molecule has 3 heteroatoms. The molecule has 0 amide bonds. The molecule has 1 aliphatic rings.